The third kappa shape index (κ3) is 6.44. The van der Waals surface area contributed by atoms with E-state index in [1.165, 1.54) is 7.11 Å². The van der Waals surface area contributed by atoms with Crippen molar-refractivity contribution >= 4 is 17.8 Å². The van der Waals surface area contributed by atoms with E-state index in [9.17, 15) is 14.4 Å². The van der Waals surface area contributed by atoms with E-state index in [0.29, 0.717) is 0 Å². The highest BCUT2D eigenvalue weighted by atomic mass is 16.5. The van der Waals surface area contributed by atoms with Crippen molar-refractivity contribution < 1.29 is 24.2 Å². The Morgan fingerprint density at radius 1 is 1.47 bits per heavy atom. The van der Waals surface area contributed by atoms with Crippen molar-refractivity contribution in [2.75, 3.05) is 13.7 Å². The van der Waals surface area contributed by atoms with Crippen LogP contribution in [-0.4, -0.2) is 42.6 Å². The Hall–Kier alpha value is -1.63. The van der Waals surface area contributed by atoms with Gasteiger partial charge in [-0.2, -0.15) is 0 Å². The maximum absolute atomic E-state index is 11.1. The van der Waals surface area contributed by atoms with Crippen LogP contribution >= 0.6 is 0 Å². The Bertz CT molecular complexity index is 253. The molecule has 4 N–H and O–H groups in total. The predicted molar refractivity (Wildman–Crippen MR) is 49.9 cm³/mol. The molecule has 1 amide bonds. The maximum Gasteiger partial charge on any atom is 0.307 e. The molecule has 0 radical (unpaired) electrons. The second-order valence-electron chi connectivity index (χ2n) is 2.82. The predicted octanol–water partition coefficient (Wildman–Crippen LogP) is -1.53. The van der Waals surface area contributed by atoms with Gasteiger partial charge in [0.25, 0.3) is 0 Å². The van der Waals surface area contributed by atoms with Crippen molar-refractivity contribution in [1.82, 2.24) is 5.32 Å². The average Bonchev–Trinajstić information content (AvgIpc) is 2.16. The summed E-state index contributed by atoms with van der Waals surface area (Å²) in [5.74, 6) is -2.20. The van der Waals surface area contributed by atoms with E-state index in [4.69, 9.17) is 10.8 Å². The first-order valence-electron chi connectivity index (χ1n) is 4.29. The lowest BCUT2D eigenvalue weighted by atomic mass is 10.2. The summed E-state index contributed by atoms with van der Waals surface area (Å²) in [5, 5.41) is 10.7. The molecule has 0 aliphatic carbocycles. The maximum atomic E-state index is 11.1. The van der Waals surface area contributed by atoms with Crippen molar-refractivity contribution in [1.29, 1.82) is 0 Å². The molecule has 0 aliphatic rings. The second-order valence-corrected chi connectivity index (χ2v) is 2.82. The zero-order chi connectivity index (χ0) is 11.8. The molecule has 0 bridgehead atoms. The van der Waals surface area contributed by atoms with Gasteiger partial charge in [-0.25, -0.2) is 0 Å². The number of carbonyl (C=O) groups excluding carboxylic acids is 2. The Kier molecular flexibility index (Phi) is 6.03. The Morgan fingerprint density at radius 2 is 2.07 bits per heavy atom. The number of aliphatic carboxylic acids is 1. The zero-order valence-corrected chi connectivity index (χ0v) is 8.36. The highest BCUT2D eigenvalue weighted by Crippen LogP contribution is 1.89. The average molecular weight is 218 g/mol. The Labute approximate surface area is 86.6 Å². The first-order chi connectivity index (χ1) is 6.97. The summed E-state index contributed by atoms with van der Waals surface area (Å²) in [6, 6.07) is -1.10. The van der Waals surface area contributed by atoms with Crippen LogP contribution in [0.4, 0.5) is 0 Å². The molecule has 0 unspecified atom stereocenters. The molecule has 0 saturated carbocycles. The van der Waals surface area contributed by atoms with Crippen molar-refractivity contribution in [2.24, 2.45) is 5.73 Å². The second kappa shape index (κ2) is 6.77. The van der Waals surface area contributed by atoms with Crippen LogP contribution in [-0.2, 0) is 19.1 Å². The van der Waals surface area contributed by atoms with E-state index in [1.54, 1.807) is 0 Å². The van der Waals surface area contributed by atoms with Crippen LogP contribution in [0.25, 0.3) is 0 Å². The highest BCUT2D eigenvalue weighted by molar-refractivity contribution is 5.86. The molecule has 0 rings (SSSR count). The smallest absolute Gasteiger partial charge is 0.307 e. The van der Waals surface area contributed by atoms with E-state index in [2.05, 4.69) is 10.1 Å². The molecule has 0 saturated heterocycles. The number of ether oxygens (including phenoxy) is 1. The van der Waals surface area contributed by atoms with E-state index < -0.39 is 30.3 Å². The molecule has 0 aromatic carbocycles. The number of amides is 1. The number of carboxylic acid groups (broad SMARTS) is 1. The van der Waals surface area contributed by atoms with Gasteiger partial charge in [-0.3, -0.25) is 14.4 Å². The van der Waals surface area contributed by atoms with Gasteiger partial charge in [-0.1, -0.05) is 0 Å². The zero-order valence-electron chi connectivity index (χ0n) is 8.36. The summed E-state index contributed by atoms with van der Waals surface area (Å²) in [5.41, 5.74) is 5.26. The summed E-state index contributed by atoms with van der Waals surface area (Å²) in [6.45, 7) is 0.0822. The summed E-state index contributed by atoms with van der Waals surface area (Å²) in [6.07, 6.45) is -0.411. The van der Waals surface area contributed by atoms with Gasteiger partial charge in [0.05, 0.1) is 26.0 Å². The SMILES string of the molecule is COC(=O)CCNC(=O)[C@H](N)CC(=O)O. The van der Waals surface area contributed by atoms with E-state index >= 15 is 0 Å². The van der Waals surface area contributed by atoms with Crippen molar-refractivity contribution in [2.45, 2.75) is 18.9 Å². The van der Waals surface area contributed by atoms with Gasteiger partial charge in [0.1, 0.15) is 0 Å². The molecule has 0 aromatic heterocycles. The van der Waals surface area contributed by atoms with Crippen molar-refractivity contribution in [3.05, 3.63) is 0 Å². The molecule has 1 atom stereocenters. The molecule has 0 spiro atoms. The number of nitrogens with two attached hydrogens (primary N) is 1. The van der Waals surface area contributed by atoms with Crippen molar-refractivity contribution in [3.8, 4) is 0 Å². The van der Waals surface area contributed by atoms with Gasteiger partial charge in [0.2, 0.25) is 5.91 Å². The van der Waals surface area contributed by atoms with Crippen LogP contribution in [0.1, 0.15) is 12.8 Å². The number of hydrogen-bond donors (Lipinski definition) is 3. The Morgan fingerprint density at radius 3 is 2.53 bits per heavy atom. The fraction of sp³-hybridized carbons (Fsp3) is 0.625. The van der Waals surface area contributed by atoms with Gasteiger partial charge >= 0.3 is 11.9 Å². The van der Waals surface area contributed by atoms with Crippen LogP contribution in [0, 0.1) is 0 Å². The van der Waals surface area contributed by atoms with E-state index in [0.717, 1.165) is 0 Å². The van der Waals surface area contributed by atoms with E-state index in [1.807, 2.05) is 0 Å². The third-order valence-electron chi connectivity index (χ3n) is 1.59. The summed E-state index contributed by atoms with van der Waals surface area (Å²) in [4.78, 5) is 31.9. The van der Waals surface area contributed by atoms with Gasteiger partial charge in [0, 0.05) is 6.54 Å². The van der Waals surface area contributed by atoms with Crippen LogP contribution < -0.4 is 11.1 Å². The van der Waals surface area contributed by atoms with Gasteiger partial charge in [-0.05, 0) is 0 Å². The minimum absolute atomic E-state index is 0.0298. The number of nitrogens with one attached hydrogen (secondary N) is 1. The molecule has 86 valence electrons. The fourth-order valence-electron chi connectivity index (χ4n) is 0.802. The first kappa shape index (κ1) is 13.4. The quantitative estimate of drug-likeness (QED) is 0.465. The van der Waals surface area contributed by atoms with Crippen LogP contribution in [0.2, 0.25) is 0 Å². The van der Waals surface area contributed by atoms with Crippen LogP contribution in [0.3, 0.4) is 0 Å². The molecule has 7 heteroatoms. The van der Waals surface area contributed by atoms with Crippen LogP contribution in [0.5, 0.6) is 0 Å². The molecule has 0 aromatic rings. The molecule has 7 nitrogen and oxygen atoms in total. The van der Waals surface area contributed by atoms with Crippen LogP contribution in [0.15, 0.2) is 0 Å². The Balaban J connectivity index is 3.73. The summed E-state index contributed by atoms with van der Waals surface area (Å²) >= 11 is 0. The first-order valence-corrected chi connectivity index (χ1v) is 4.29. The number of rotatable bonds is 6. The minimum Gasteiger partial charge on any atom is -0.481 e. The van der Waals surface area contributed by atoms with E-state index in [-0.39, 0.29) is 13.0 Å². The monoisotopic (exact) mass is 218 g/mol. The lowest BCUT2D eigenvalue weighted by Gasteiger charge is -2.09. The number of esters is 1. The number of hydrogen-bond acceptors (Lipinski definition) is 5. The summed E-state index contributed by atoms with van der Waals surface area (Å²) in [7, 11) is 1.24. The topological polar surface area (TPSA) is 119 Å². The lowest BCUT2D eigenvalue weighted by molar-refractivity contribution is -0.141. The minimum atomic E-state index is -1.15. The standard InChI is InChI=1S/C8H14N2O5/c1-15-7(13)2-3-10-8(14)5(9)4-6(11)12/h5H,2-4,9H2,1H3,(H,10,14)(H,11,12)/t5-/m1/s1. The lowest BCUT2D eigenvalue weighted by Crippen LogP contribution is -2.42. The molecular weight excluding hydrogens is 204 g/mol. The normalized spacial score (nSPS) is 11.6. The van der Waals surface area contributed by atoms with Gasteiger partial charge in [-0.15, -0.1) is 0 Å². The molecule has 0 heterocycles. The number of methoxy groups -OCH3 is 1. The van der Waals surface area contributed by atoms with Crippen molar-refractivity contribution in [3.63, 3.8) is 0 Å². The largest absolute Gasteiger partial charge is 0.481 e. The molecule has 0 aliphatic heterocycles. The molecule has 0 fully saturated rings. The third-order valence-corrected chi connectivity index (χ3v) is 1.59. The van der Waals surface area contributed by atoms with Gasteiger partial charge in [0.15, 0.2) is 0 Å². The highest BCUT2D eigenvalue weighted by Gasteiger charge is 2.16. The summed E-state index contributed by atoms with van der Waals surface area (Å²) < 4.78 is 4.34. The fourth-order valence-corrected chi connectivity index (χ4v) is 0.802. The molecule has 15 heavy (non-hydrogen) atoms. The number of carboxylic acids is 1. The molecular formula is C8H14N2O5. The number of carbonyl (C=O) groups is 3. The van der Waals surface area contributed by atoms with Gasteiger partial charge < -0.3 is 20.9 Å².